The highest BCUT2D eigenvalue weighted by Gasteiger charge is 2.46. The van der Waals surface area contributed by atoms with Gasteiger partial charge in [-0.1, -0.05) is 0 Å². The molecule has 1 aliphatic carbocycles. The Labute approximate surface area is 192 Å². The maximum Gasteiger partial charge on any atom is 0.264 e. The van der Waals surface area contributed by atoms with Crippen molar-refractivity contribution in [2.24, 2.45) is 16.6 Å². The van der Waals surface area contributed by atoms with Gasteiger partial charge in [-0.15, -0.1) is 0 Å². The molecule has 1 saturated carbocycles. The average Bonchev–Trinajstić information content (AvgIpc) is 3.56. The summed E-state index contributed by atoms with van der Waals surface area (Å²) in [6.45, 7) is 2.02. The molecular formula is C21H26BrF2N5O3. The van der Waals surface area contributed by atoms with Gasteiger partial charge in [0.25, 0.3) is 17.4 Å². The molecule has 1 aromatic rings. The van der Waals surface area contributed by atoms with E-state index in [1.165, 1.54) is 24.4 Å². The number of H-pyrrole nitrogens is 1. The molecule has 2 heterocycles. The van der Waals surface area contributed by atoms with Gasteiger partial charge in [-0.25, -0.2) is 8.78 Å². The number of piperidine rings is 1. The lowest BCUT2D eigenvalue weighted by Crippen LogP contribution is -2.51. The van der Waals surface area contributed by atoms with Crippen molar-refractivity contribution in [2.45, 2.75) is 44.1 Å². The monoisotopic (exact) mass is 513 g/mol. The summed E-state index contributed by atoms with van der Waals surface area (Å²) in [5.74, 6) is -4.39. The molecule has 1 aliphatic heterocycles. The maximum absolute atomic E-state index is 14.6. The predicted octanol–water partition coefficient (Wildman–Crippen LogP) is 2.79. The second kappa shape index (κ2) is 10.0. The van der Waals surface area contributed by atoms with E-state index in [0.717, 1.165) is 12.8 Å². The Hall–Kier alpha value is -2.40. The molecular weight excluding hydrogens is 488 g/mol. The van der Waals surface area contributed by atoms with Crippen LogP contribution in [0.15, 0.2) is 38.7 Å². The van der Waals surface area contributed by atoms with Crippen molar-refractivity contribution in [3.8, 4) is 0 Å². The lowest BCUT2D eigenvalue weighted by atomic mass is 9.87. The van der Waals surface area contributed by atoms with Gasteiger partial charge in [0.05, 0.1) is 23.0 Å². The number of halogens is 3. The van der Waals surface area contributed by atoms with Crippen LogP contribution in [0.25, 0.3) is 0 Å². The van der Waals surface area contributed by atoms with Crippen molar-refractivity contribution in [3.05, 3.63) is 44.8 Å². The molecule has 0 spiro atoms. The zero-order chi connectivity index (χ0) is 23.5. The number of nitrogens with two attached hydrogens (primary N) is 1. The molecule has 0 aromatic carbocycles. The number of ether oxygens (including phenoxy) is 1. The van der Waals surface area contributed by atoms with Crippen molar-refractivity contribution in [3.63, 3.8) is 0 Å². The van der Waals surface area contributed by atoms with E-state index in [-0.39, 0.29) is 34.9 Å². The summed E-state index contributed by atoms with van der Waals surface area (Å²) in [7, 11) is 0. The molecule has 1 amide bonds. The van der Waals surface area contributed by atoms with Crippen LogP contribution in [0.5, 0.6) is 0 Å². The number of amides is 1. The Bertz CT molecular complexity index is 990. The van der Waals surface area contributed by atoms with Crippen LogP contribution in [0.1, 0.15) is 37.7 Å². The van der Waals surface area contributed by atoms with E-state index < -0.39 is 35.8 Å². The third-order valence-corrected chi connectivity index (χ3v) is 6.25. The molecule has 0 radical (unpaired) electrons. The number of amidine groups is 1. The van der Waals surface area contributed by atoms with Gasteiger partial charge in [-0.3, -0.25) is 19.9 Å². The van der Waals surface area contributed by atoms with Gasteiger partial charge in [0, 0.05) is 31.8 Å². The van der Waals surface area contributed by atoms with E-state index >= 15 is 0 Å². The number of nitrogens with zero attached hydrogens (tertiary/aromatic N) is 2. The topological polar surface area (TPSA) is 125 Å². The van der Waals surface area contributed by atoms with Crippen LogP contribution in [0.3, 0.4) is 0 Å². The number of hydrogen-bond acceptors (Lipinski definition) is 5. The standard InChI is InChI=1S/C21H26BrF2N5O3/c1-12(19(30)28-17(25)4-5-18(26)32-11-13-2-3-13)29-7-6-21(23,24)15(10-29)14-8-16(22)20(31)27-9-14/h4-5,8-9,12-13,15,26H,2-3,6-7,10-11H2,1H3,(H,27,31)(H2,25,28,30)/b5-4-,26-18?/t12-,15?/m0/s1. The van der Waals surface area contributed by atoms with Crippen LogP contribution >= 0.6 is 15.9 Å². The quantitative estimate of drug-likeness (QED) is 0.381. The van der Waals surface area contributed by atoms with Crippen LogP contribution < -0.4 is 11.3 Å². The van der Waals surface area contributed by atoms with E-state index in [1.54, 1.807) is 11.8 Å². The Morgan fingerprint density at radius 1 is 1.50 bits per heavy atom. The normalized spacial score (nSPS) is 22.6. The summed E-state index contributed by atoms with van der Waals surface area (Å²) < 4.78 is 34.7. The number of aliphatic imine (C=N–C) groups is 1. The second-order valence-electron chi connectivity index (χ2n) is 8.17. The Morgan fingerprint density at radius 2 is 2.22 bits per heavy atom. The zero-order valence-corrected chi connectivity index (χ0v) is 19.2. The maximum atomic E-state index is 14.6. The molecule has 1 saturated heterocycles. The fraction of sp³-hybridized carbons (Fsp3) is 0.524. The van der Waals surface area contributed by atoms with E-state index in [1.807, 2.05) is 0 Å². The molecule has 3 rings (SSSR count). The van der Waals surface area contributed by atoms with Gasteiger partial charge in [0.2, 0.25) is 5.90 Å². The molecule has 2 atom stereocenters. The van der Waals surface area contributed by atoms with Gasteiger partial charge in [-0.05, 0) is 59.3 Å². The number of carbonyl (C=O) groups is 1. The van der Waals surface area contributed by atoms with Gasteiger partial charge in [0.15, 0.2) is 0 Å². The minimum Gasteiger partial charge on any atom is -0.478 e. The molecule has 2 fully saturated rings. The average molecular weight is 514 g/mol. The third-order valence-electron chi connectivity index (χ3n) is 5.66. The first-order chi connectivity index (χ1) is 15.1. The molecule has 4 N–H and O–H groups in total. The van der Waals surface area contributed by atoms with Crippen molar-refractivity contribution in [2.75, 3.05) is 19.7 Å². The molecule has 0 bridgehead atoms. The van der Waals surface area contributed by atoms with E-state index in [2.05, 4.69) is 25.9 Å². The Balaban J connectivity index is 1.63. The van der Waals surface area contributed by atoms with Gasteiger partial charge in [0.1, 0.15) is 5.84 Å². The van der Waals surface area contributed by atoms with Gasteiger partial charge >= 0.3 is 0 Å². The highest BCUT2D eigenvalue weighted by atomic mass is 79.9. The number of pyridine rings is 1. The van der Waals surface area contributed by atoms with E-state index in [0.29, 0.717) is 12.5 Å². The summed E-state index contributed by atoms with van der Waals surface area (Å²) in [6, 6.07) is 0.617. The second-order valence-corrected chi connectivity index (χ2v) is 9.03. The van der Waals surface area contributed by atoms with Crippen LogP contribution in [0, 0.1) is 11.3 Å². The number of alkyl halides is 2. The molecule has 11 heteroatoms. The number of hydrogen-bond donors (Lipinski definition) is 3. The van der Waals surface area contributed by atoms with E-state index in [4.69, 9.17) is 15.9 Å². The fourth-order valence-corrected chi connectivity index (χ4v) is 3.79. The number of nitrogens with one attached hydrogen (secondary N) is 2. The highest BCUT2D eigenvalue weighted by molar-refractivity contribution is 9.10. The van der Waals surface area contributed by atoms with Crippen LogP contribution in [0.2, 0.25) is 0 Å². The highest BCUT2D eigenvalue weighted by Crippen LogP contribution is 2.41. The van der Waals surface area contributed by atoms with Crippen LogP contribution in [0.4, 0.5) is 8.78 Å². The minimum atomic E-state index is -2.98. The minimum absolute atomic E-state index is 0.0197. The van der Waals surface area contributed by atoms with Crippen molar-refractivity contribution in [1.29, 1.82) is 5.41 Å². The number of likely N-dealkylation sites (tertiary alicyclic amines) is 1. The van der Waals surface area contributed by atoms with Crippen molar-refractivity contribution in [1.82, 2.24) is 9.88 Å². The molecule has 32 heavy (non-hydrogen) atoms. The summed E-state index contributed by atoms with van der Waals surface area (Å²) in [4.78, 5) is 32.0. The SMILES string of the molecule is C[C@@H](C(=O)N=C(N)/C=C\C(=N)OCC1CC1)N1CCC(F)(F)C(c2c[nH]c(=O)c(Br)c2)C1. The third kappa shape index (κ3) is 6.32. The lowest BCUT2D eigenvalue weighted by molar-refractivity contribution is -0.127. The predicted molar refractivity (Wildman–Crippen MR) is 120 cm³/mol. The molecule has 1 unspecified atom stereocenters. The molecule has 174 valence electrons. The van der Waals surface area contributed by atoms with Crippen LogP contribution in [-0.4, -0.2) is 59.2 Å². The summed E-state index contributed by atoms with van der Waals surface area (Å²) in [5.41, 5.74) is 5.64. The smallest absolute Gasteiger partial charge is 0.264 e. The number of rotatable bonds is 7. The number of carbonyl (C=O) groups excluding carboxylic acids is 1. The summed E-state index contributed by atoms with van der Waals surface area (Å²) >= 11 is 3.07. The zero-order valence-electron chi connectivity index (χ0n) is 17.6. The van der Waals surface area contributed by atoms with Gasteiger partial charge in [-0.2, -0.15) is 4.99 Å². The summed E-state index contributed by atoms with van der Waals surface area (Å²) in [6.07, 6.45) is 5.70. The first-order valence-corrected chi connectivity index (χ1v) is 11.1. The van der Waals surface area contributed by atoms with Crippen LogP contribution in [-0.2, 0) is 9.53 Å². The number of aromatic nitrogens is 1. The lowest BCUT2D eigenvalue weighted by Gasteiger charge is -2.40. The first kappa shape index (κ1) is 24.2. The molecule has 1 aromatic heterocycles. The van der Waals surface area contributed by atoms with Crippen molar-refractivity contribution >= 4 is 33.6 Å². The summed E-state index contributed by atoms with van der Waals surface area (Å²) in [5, 5.41) is 7.69. The number of aromatic amines is 1. The Morgan fingerprint density at radius 3 is 2.88 bits per heavy atom. The van der Waals surface area contributed by atoms with E-state index in [9.17, 15) is 18.4 Å². The molecule has 8 nitrogen and oxygen atoms in total. The van der Waals surface area contributed by atoms with Crippen molar-refractivity contribution < 1.29 is 18.3 Å². The fourth-order valence-electron chi connectivity index (χ4n) is 3.42. The Kier molecular flexibility index (Phi) is 7.60. The van der Waals surface area contributed by atoms with Gasteiger partial charge < -0.3 is 15.5 Å². The largest absolute Gasteiger partial charge is 0.478 e. The first-order valence-electron chi connectivity index (χ1n) is 10.3. The molecule has 2 aliphatic rings.